The number of hydrogen-bond donors (Lipinski definition) is 1. The lowest BCUT2D eigenvalue weighted by Gasteiger charge is -2.17. The van der Waals surface area contributed by atoms with Crippen molar-refractivity contribution in [1.82, 2.24) is 5.32 Å². The highest BCUT2D eigenvalue weighted by Crippen LogP contribution is 2.29. The Morgan fingerprint density at radius 2 is 1.92 bits per heavy atom. The van der Waals surface area contributed by atoms with E-state index in [4.69, 9.17) is 16.3 Å². The zero-order valence-corrected chi connectivity index (χ0v) is 15.8. The monoisotopic (exact) mass is 371 g/mol. The predicted octanol–water partition coefficient (Wildman–Crippen LogP) is 6.10. The standard InChI is InChI=1S/C22H23ClFNO/c1-3-15(2)25-13-20-19-7-5-4-6-16(19)9-11-22(20)26-14-17-8-10-18(24)12-21(17)23/h4-12,15,25H,3,13-14H2,1-2H3. The number of rotatable bonds is 7. The molecule has 3 rings (SSSR count). The van der Waals surface area contributed by atoms with Crippen LogP contribution in [0.5, 0.6) is 5.75 Å². The predicted molar refractivity (Wildman–Crippen MR) is 106 cm³/mol. The Balaban J connectivity index is 1.88. The van der Waals surface area contributed by atoms with Crippen molar-refractivity contribution in [3.05, 3.63) is 76.6 Å². The maximum absolute atomic E-state index is 13.2. The molecule has 0 radical (unpaired) electrons. The summed E-state index contributed by atoms with van der Waals surface area (Å²) in [4.78, 5) is 0. The first kappa shape index (κ1) is 18.7. The minimum Gasteiger partial charge on any atom is -0.488 e. The first-order valence-electron chi connectivity index (χ1n) is 8.89. The highest BCUT2D eigenvalue weighted by molar-refractivity contribution is 6.31. The van der Waals surface area contributed by atoms with Crippen molar-refractivity contribution in [2.24, 2.45) is 0 Å². The molecule has 0 aliphatic rings. The van der Waals surface area contributed by atoms with Gasteiger partial charge in [0.2, 0.25) is 0 Å². The SMILES string of the molecule is CCC(C)NCc1c(OCc2ccc(F)cc2Cl)ccc2ccccc12. The first-order chi connectivity index (χ1) is 12.6. The molecule has 0 saturated carbocycles. The fourth-order valence-corrected chi connectivity index (χ4v) is 3.07. The second kappa shape index (κ2) is 8.52. The summed E-state index contributed by atoms with van der Waals surface area (Å²) in [5.41, 5.74) is 1.89. The Morgan fingerprint density at radius 1 is 1.12 bits per heavy atom. The zero-order valence-electron chi connectivity index (χ0n) is 15.1. The van der Waals surface area contributed by atoms with E-state index in [0.717, 1.165) is 29.8 Å². The fourth-order valence-electron chi connectivity index (χ4n) is 2.85. The van der Waals surface area contributed by atoms with Gasteiger partial charge in [0, 0.05) is 23.7 Å². The molecule has 0 saturated heterocycles. The second-order valence-corrected chi connectivity index (χ2v) is 6.89. The third-order valence-corrected chi connectivity index (χ3v) is 4.99. The van der Waals surface area contributed by atoms with E-state index in [1.54, 1.807) is 6.07 Å². The number of nitrogens with one attached hydrogen (secondary N) is 1. The van der Waals surface area contributed by atoms with Crippen LogP contribution in [0.3, 0.4) is 0 Å². The average Bonchev–Trinajstić information content (AvgIpc) is 2.65. The van der Waals surface area contributed by atoms with Crippen LogP contribution < -0.4 is 10.1 Å². The normalized spacial score (nSPS) is 12.3. The van der Waals surface area contributed by atoms with E-state index >= 15 is 0 Å². The van der Waals surface area contributed by atoms with Crippen molar-refractivity contribution < 1.29 is 9.13 Å². The van der Waals surface area contributed by atoms with Gasteiger partial charge in [0.05, 0.1) is 5.02 Å². The van der Waals surface area contributed by atoms with Crippen LogP contribution in [-0.2, 0) is 13.2 Å². The number of ether oxygens (including phenoxy) is 1. The molecule has 2 nitrogen and oxygen atoms in total. The lowest BCUT2D eigenvalue weighted by molar-refractivity contribution is 0.302. The van der Waals surface area contributed by atoms with Gasteiger partial charge in [0.15, 0.2) is 0 Å². The first-order valence-corrected chi connectivity index (χ1v) is 9.27. The summed E-state index contributed by atoms with van der Waals surface area (Å²) in [5.74, 6) is 0.475. The van der Waals surface area contributed by atoms with Crippen LogP contribution in [-0.4, -0.2) is 6.04 Å². The molecular weight excluding hydrogens is 349 g/mol. The Bertz CT molecular complexity index is 896. The van der Waals surface area contributed by atoms with Crippen molar-refractivity contribution in [3.63, 3.8) is 0 Å². The average molecular weight is 372 g/mol. The van der Waals surface area contributed by atoms with Crippen LogP contribution in [0.2, 0.25) is 5.02 Å². The van der Waals surface area contributed by atoms with Gasteiger partial charge < -0.3 is 10.1 Å². The van der Waals surface area contributed by atoms with Gasteiger partial charge in [-0.15, -0.1) is 0 Å². The van der Waals surface area contributed by atoms with Crippen molar-refractivity contribution >= 4 is 22.4 Å². The molecule has 26 heavy (non-hydrogen) atoms. The van der Waals surface area contributed by atoms with Crippen molar-refractivity contribution in [3.8, 4) is 5.75 Å². The van der Waals surface area contributed by atoms with Gasteiger partial charge in [-0.3, -0.25) is 0 Å². The zero-order chi connectivity index (χ0) is 18.5. The largest absolute Gasteiger partial charge is 0.488 e. The Labute approximate surface area is 158 Å². The molecule has 1 atom stereocenters. The lowest BCUT2D eigenvalue weighted by atomic mass is 10.0. The van der Waals surface area contributed by atoms with Gasteiger partial charge in [0.25, 0.3) is 0 Å². The van der Waals surface area contributed by atoms with Gasteiger partial charge >= 0.3 is 0 Å². The molecular formula is C22H23ClFNO. The lowest BCUT2D eigenvalue weighted by Crippen LogP contribution is -2.24. The van der Waals surface area contributed by atoms with E-state index in [9.17, 15) is 4.39 Å². The van der Waals surface area contributed by atoms with E-state index < -0.39 is 0 Å². The molecule has 0 aliphatic heterocycles. The summed E-state index contributed by atoms with van der Waals surface area (Å²) in [6.07, 6.45) is 1.06. The second-order valence-electron chi connectivity index (χ2n) is 6.48. The number of benzene rings is 3. The minimum atomic E-state index is -0.345. The summed E-state index contributed by atoms with van der Waals surface area (Å²) >= 11 is 6.12. The Hall–Kier alpha value is -2.10. The van der Waals surface area contributed by atoms with Crippen molar-refractivity contribution in [1.29, 1.82) is 0 Å². The van der Waals surface area contributed by atoms with Gasteiger partial charge in [0.1, 0.15) is 18.2 Å². The molecule has 0 bridgehead atoms. The molecule has 3 aromatic carbocycles. The number of hydrogen-bond acceptors (Lipinski definition) is 2. The van der Waals surface area contributed by atoms with Crippen LogP contribution in [0.15, 0.2) is 54.6 Å². The molecule has 0 spiro atoms. The van der Waals surface area contributed by atoms with E-state index in [-0.39, 0.29) is 5.82 Å². The molecule has 0 aromatic heterocycles. The van der Waals surface area contributed by atoms with Crippen LogP contribution >= 0.6 is 11.6 Å². The van der Waals surface area contributed by atoms with Crippen molar-refractivity contribution in [2.75, 3.05) is 0 Å². The van der Waals surface area contributed by atoms with Crippen LogP contribution in [0.4, 0.5) is 4.39 Å². The molecule has 1 N–H and O–H groups in total. The molecule has 1 unspecified atom stereocenters. The highest BCUT2D eigenvalue weighted by atomic mass is 35.5. The summed E-state index contributed by atoms with van der Waals surface area (Å²) in [6, 6.07) is 17.1. The third kappa shape index (κ3) is 4.35. The van der Waals surface area contributed by atoms with E-state index in [0.29, 0.717) is 17.7 Å². The maximum Gasteiger partial charge on any atom is 0.124 e. The molecule has 4 heteroatoms. The molecule has 136 valence electrons. The summed E-state index contributed by atoms with van der Waals surface area (Å²) < 4.78 is 19.3. The number of fused-ring (bicyclic) bond motifs is 1. The van der Waals surface area contributed by atoms with Crippen LogP contribution in [0, 0.1) is 5.82 Å². The van der Waals surface area contributed by atoms with E-state index in [1.807, 2.05) is 18.2 Å². The van der Waals surface area contributed by atoms with E-state index in [2.05, 4.69) is 37.4 Å². The highest BCUT2D eigenvalue weighted by Gasteiger charge is 2.11. The molecule has 0 fully saturated rings. The van der Waals surface area contributed by atoms with Gasteiger partial charge in [-0.05, 0) is 42.3 Å². The molecule has 3 aromatic rings. The quantitative estimate of drug-likeness (QED) is 0.541. The van der Waals surface area contributed by atoms with Gasteiger partial charge in [-0.1, -0.05) is 54.9 Å². The number of halogens is 2. The van der Waals surface area contributed by atoms with Crippen molar-refractivity contribution in [2.45, 2.75) is 39.5 Å². The third-order valence-electron chi connectivity index (χ3n) is 4.64. The van der Waals surface area contributed by atoms with Gasteiger partial charge in [-0.2, -0.15) is 0 Å². The summed E-state index contributed by atoms with van der Waals surface area (Å²) in [7, 11) is 0. The van der Waals surface area contributed by atoms with Gasteiger partial charge in [-0.25, -0.2) is 4.39 Å². The van der Waals surface area contributed by atoms with E-state index in [1.165, 1.54) is 22.9 Å². The maximum atomic E-state index is 13.2. The summed E-state index contributed by atoms with van der Waals surface area (Å²) in [6.45, 7) is 5.36. The smallest absolute Gasteiger partial charge is 0.124 e. The topological polar surface area (TPSA) is 21.3 Å². The minimum absolute atomic E-state index is 0.299. The Kier molecular flexibility index (Phi) is 6.12. The molecule has 0 amide bonds. The van der Waals surface area contributed by atoms with Crippen LogP contribution in [0.1, 0.15) is 31.4 Å². The summed E-state index contributed by atoms with van der Waals surface area (Å²) in [5, 5.41) is 6.28. The molecule has 0 heterocycles. The molecule has 0 aliphatic carbocycles. The Morgan fingerprint density at radius 3 is 2.69 bits per heavy atom. The fraction of sp³-hybridized carbons (Fsp3) is 0.273. The van der Waals surface area contributed by atoms with Crippen LogP contribution in [0.25, 0.3) is 10.8 Å².